The Balaban J connectivity index is 2.53. The van der Waals surface area contributed by atoms with Crippen LogP contribution in [-0.4, -0.2) is 13.3 Å². The lowest BCUT2D eigenvalue weighted by atomic mass is 9.99. The summed E-state index contributed by atoms with van der Waals surface area (Å²) in [5.74, 6) is 0. The second kappa shape index (κ2) is 6.93. The van der Waals surface area contributed by atoms with Crippen molar-refractivity contribution in [1.82, 2.24) is 5.32 Å². The van der Waals surface area contributed by atoms with E-state index in [1.807, 2.05) is 13.1 Å². The van der Waals surface area contributed by atoms with Crippen LogP contribution in [0.1, 0.15) is 17.2 Å². The van der Waals surface area contributed by atoms with Gasteiger partial charge in [-0.05, 0) is 48.7 Å². The molecule has 4 heteroatoms. The second-order valence-electron chi connectivity index (χ2n) is 4.13. The summed E-state index contributed by atoms with van der Waals surface area (Å²) in [6.07, 6.45) is 2.11. The van der Waals surface area contributed by atoms with E-state index in [1.165, 1.54) is 16.0 Å². The normalized spacial score (nSPS) is 12.4. The van der Waals surface area contributed by atoms with Crippen molar-refractivity contribution < 1.29 is 0 Å². The lowest BCUT2D eigenvalue weighted by Gasteiger charge is -2.21. The summed E-state index contributed by atoms with van der Waals surface area (Å²) in [5.41, 5.74) is 2.54. The van der Waals surface area contributed by atoms with Crippen LogP contribution in [-0.2, 0) is 0 Å². The van der Waals surface area contributed by atoms with Crippen LogP contribution in [0.2, 0.25) is 0 Å². The predicted octanol–water partition coefficient (Wildman–Crippen LogP) is 5.24. The van der Waals surface area contributed by atoms with E-state index in [0.29, 0.717) is 0 Å². The molecule has 19 heavy (non-hydrogen) atoms. The Hall–Kier alpha value is -0.290. The Morgan fingerprint density at radius 3 is 2.47 bits per heavy atom. The van der Waals surface area contributed by atoms with Crippen molar-refractivity contribution in [2.45, 2.75) is 10.9 Å². The number of hydrogen-bond acceptors (Lipinski definition) is 2. The first-order valence-corrected chi connectivity index (χ1v) is 8.73. The Morgan fingerprint density at radius 2 is 1.79 bits per heavy atom. The molecule has 0 radical (unpaired) electrons. The highest BCUT2D eigenvalue weighted by Crippen LogP contribution is 2.34. The molecule has 1 atom stereocenters. The van der Waals surface area contributed by atoms with Crippen molar-refractivity contribution in [1.29, 1.82) is 0 Å². The van der Waals surface area contributed by atoms with E-state index in [1.54, 1.807) is 11.8 Å². The first-order chi connectivity index (χ1) is 9.17. The fourth-order valence-electron chi connectivity index (χ4n) is 2.12. The molecule has 0 aromatic heterocycles. The van der Waals surface area contributed by atoms with Crippen LogP contribution in [0.25, 0.3) is 0 Å². The highest BCUT2D eigenvalue weighted by Gasteiger charge is 2.17. The van der Waals surface area contributed by atoms with E-state index in [0.717, 1.165) is 8.95 Å². The number of nitrogens with one attached hydrogen (secondary N) is 1. The smallest absolute Gasteiger partial charge is 0.0596 e. The molecule has 0 fully saturated rings. The summed E-state index contributed by atoms with van der Waals surface area (Å²) >= 11 is 8.97. The third kappa shape index (κ3) is 3.43. The van der Waals surface area contributed by atoms with Gasteiger partial charge in [-0.1, -0.05) is 50.1 Å². The van der Waals surface area contributed by atoms with Gasteiger partial charge in [-0.3, -0.25) is 0 Å². The zero-order valence-corrected chi connectivity index (χ0v) is 14.8. The average Bonchev–Trinajstić information content (AvgIpc) is 2.44. The number of benzene rings is 2. The predicted molar refractivity (Wildman–Crippen MR) is 91.0 cm³/mol. The van der Waals surface area contributed by atoms with Gasteiger partial charge in [-0.15, -0.1) is 11.8 Å². The molecule has 0 spiro atoms. The van der Waals surface area contributed by atoms with Crippen LogP contribution < -0.4 is 5.32 Å². The first-order valence-electron chi connectivity index (χ1n) is 5.92. The molecule has 2 aromatic rings. The van der Waals surface area contributed by atoms with Crippen LogP contribution in [0, 0.1) is 0 Å². The number of rotatable bonds is 4. The van der Waals surface area contributed by atoms with E-state index in [4.69, 9.17) is 0 Å². The van der Waals surface area contributed by atoms with Gasteiger partial charge in [0.2, 0.25) is 0 Å². The number of halogens is 2. The molecule has 0 aliphatic carbocycles. The van der Waals surface area contributed by atoms with E-state index in [-0.39, 0.29) is 6.04 Å². The molecule has 2 rings (SSSR count). The summed E-state index contributed by atoms with van der Waals surface area (Å²) in [4.78, 5) is 1.30. The van der Waals surface area contributed by atoms with Crippen molar-refractivity contribution >= 4 is 43.6 Å². The third-order valence-electron chi connectivity index (χ3n) is 3.01. The van der Waals surface area contributed by atoms with Gasteiger partial charge in [-0.2, -0.15) is 0 Å². The summed E-state index contributed by atoms with van der Waals surface area (Å²) in [5, 5.41) is 3.41. The molecule has 0 saturated heterocycles. The molecule has 100 valence electrons. The second-order valence-corrected chi connectivity index (χ2v) is 6.75. The molecular weight excluding hydrogens is 386 g/mol. The summed E-state index contributed by atoms with van der Waals surface area (Å²) < 4.78 is 2.21. The molecule has 0 aliphatic heterocycles. The number of thioether (sulfide) groups is 1. The van der Waals surface area contributed by atoms with Crippen LogP contribution in [0.5, 0.6) is 0 Å². The molecule has 1 unspecified atom stereocenters. The summed E-state index contributed by atoms with van der Waals surface area (Å²) in [7, 11) is 2.00. The maximum Gasteiger partial charge on any atom is 0.0596 e. The van der Waals surface area contributed by atoms with Crippen molar-refractivity contribution in [3.05, 3.63) is 62.5 Å². The van der Waals surface area contributed by atoms with E-state index < -0.39 is 0 Å². The fourth-order valence-corrected chi connectivity index (χ4v) is 3.61. The molecule has 1 N–H and O–H groups in total. The summed E-state index contributed by atoms with van der Waals surface area (Å²) in [6, 6.07) is 15.0. The molecule has 0 saturated carbocycles. The van der Waals surface area contributed by atoms with Crippen molar-refractivity contribution in [2.24, 2.45) is 0 Å². The van der Waals surface area contributed by atoms with Crippen LogP contribution in [0.15, 0.2) is 56.3 Å². The molecule has 0 bridgehead atoms. The van der Waals surface area contributed by atoms with Crippen LogP contribution in [0.3, 0.4) is 0 Å². The minimum Gasteiger partial charge on any atom is -0.309 e. The minimum absolute atomic E-state index is 0.176. The van der Waals surface area contributed by atoms with Gasteiger partial charge in [0.25, 0.3) is 0 Å². The van der Waals surface area contributed by atoms with Crippen molar-refractivity contribution in [2.75, 3.05) is 13.3 Å². The SMILES string of the molecule is CNC(c1cc(Br)ccc1Br)c1ccccc1SC. The van der Waals surface area contributed by atoms with Crippen molar-refractivity contribution in [3.8, 4) is 0 Å². The van der Waals surface area contributed by atoms with Gasteiger partial charge >= 0.3 is 0 Å². The van der Waals surface area contributed by atoms with E-state index in [2.05, 4.69) is 79.8 Å². The van der Waals surface area contributed by atoms with Gasteiger partial charge in [0.1, 0.15) is 0 Å². The monoisotopic (exact) mass is 399 g/mol. The van der Waals surface area contributed by atoms with Gasteiger partial charge in [-0.25, -0.2) is 0 Å². The zero-order valence-electron chi connectivity index (χ0n) is 10.8. The molecule has 2 aromatic carbocycles. The Bertz CT molecular complexity index is 572. The van der Waals surface area contributed by atoms with E-state index >= 15 is 0 Å². The molecule has 0 amide bonds. The molecule has 0 aliphatic rings. The largest absolute Gasteiger partial charge is 0.309 e. The highest BCUT2D eigenvalue weighted by atomic mass is 79.9. The van der Waals surface area contributed by atoms with Crippen LogP contribution >= 0.6 is 43.6 Å². The lowest BCUT2D eigenvalue weighted by molar-refractivity contribution is 0.677. The maximum absolute atomic E-state index is 3.65. The van der Waals surface area contributed by atoms with Gasteiger partial charge < -0.3 is 5.32 Å². The maximum atomic E-state index is 3.65. The van der Waals surface area contributed by atoms with Gasteiger partial charge in [0.05, 0.1) is 6.04 Å². The average molecular weight is 401 g/mol. The molecular formula is C15H15Br2NS. The number of hydrogen-bond donors (Lipinski definition) is 1. The zero-order chi connectivity index (χ0) is 13.8. The van der Waals surface area contributed by atoms with Gasteiger partial charge in [0, 0.05) is 13.8 Å². The molecule has 1 nitrogen and oxygen atoms in total. The summed E-state index contributed by atoms with van der Waals surface area (Å²) in [6.45, 7) is 0. The van der Waals surface area contributed by atoms with E-state index in [9.17, 15) is 0 Å². The Kier molecular flexibility index (Phi) is 5.51. The minimum atomic E-state index is 0.176. The topological polar surface area (TPSA) is 12.0 Å². The van der Waals surface area contributed by atoms with Crippen molar-refractivity contribution in [3.63, 3.8) is 0 Å². The molecule has 0 heterocycles. The lowest BCUT2D eigenvalue weighted by Crippen LogP contribution is -2.18. The van der Waals surface area contributed by atoms with Gasteiger partial charge in [0.15, 0.2) is 0 Å². The fraction of sp³-hybridized carbons (Fsp3) is 0.200. The highest BCUT2D eigenvalue weighted by molar-refractivity contribution is 9.11. The Morgan fingerprint density at radius 1 is 1.05 bits per heavy atom. The Labute approximate surface area is 135 Å². The van der Waals surface area contributed by atoms with Crippen LogP contribution in [0.4, 0.5) is 0 Å². The standard InChI is InChI=1S/C15H15Br2NS/c1-18-15(11-5-3-4-6-14(11)19-2)12-9-10(16)7-8-13(12)17/h3-9,15,18H,1-2H3. The third-order valence-corrected chi connectivity index (χ3v) is 5.03. The first kappa shape index (κ1) is 15.1. The quantitative estimate of drug-likeness (QED) is 0.704.